The van der Waals surface area contributed by atoms with Gasteiger partial charge >= 0.3 is 0 Å². The number of hydrogen-bond donors (Lipinski definition) is 2. The molecular weight excluding hydrogens is 531 g/mol. The zero-order chi connectivity index (χ0) is 28.0. The molecule has 0 amide bonds. The van der Waals surface area contributed by atoms with Crippen LogP contribution in [0.5, 0.6) is 11.6 Å². The van der Waals surface area contributed by atoms with E-state index in [-0.39, 0.29) is 22.4 Å². The minimum atomic E-state index is -4.15. The Morgan fingerprint density at radius 2 is 1.75 bits per heavy atom. The van der Waals surface area contributed by atoms with E-state index < -0.39 is 15.8 Å². The van der Waals surface area contributed by atoms with Crippen LogP contribution >= 0.6 is 0 Å². The highest BCUT2D eigenvalue weighted by Gasteiger charge is 2.23. The molecule has 11 heteroatoms. The maximum absolute atomic E-state index is 15.3. The molecule has 200 valence electrons. The number of nitrogen functional groups attached to an aromatic ring is 1. The number of fused-ring (bicyclic) bond motifs is 2. The Hall–Kier alpha value is -5.03. The van der Waals surface area contributed by atoms with Crippen molar-refractivity contribution >= 4 is 43.3 Å². The fourth-order valence-electron chi connectivity index (χ4n) is 4.69. The van der Waals surface area contributed by atoms with Gasteiger partial charge in [0.1, 0.15) is 11.6 Å². The molecule has 0 bridgehead atoms. The van der Waals surface area contributed by atoms with Gasteiger partial charge in [-0.1, -0.05) is 18.2 Å². The summed E-state index contributed by atoms with van der Waals surface area (Å²) in [4.78, 5) is 12.6. The molecule has 3 aromatic heterocycles. The van der Waals surface area contributed by atoms with Crippen LogP contribution in [-0.2, 0) is 17.1 Å². The number of ether oxygens (including phenoxy) is 1. The zero-order valence-corrected chi connectivity index (χ0v) is 22.3. The van der Waals surface area contributed by atoms with E-state index in [1.54, 1.807) is 60.9 Å². The van der Waals surface area contributed by atoms with E-state index in [2.05, 4.69) is 19.7 Å². The average molecular weight is 555 g/mol. The number of anilines is 2. The third-order valence-corrected chi connectivity index (χ3v) is 8.04. The smallest absolute Gasteiger partial charge is 0.262 e. The molecule has 0 aliphatic heterocycles. The van der Waals surface area contributed by atoms with Crippen molar-refractivity contribution in [1.82, 2.24) is 19.5 Å². The molecule has 0 radical (unpaired) electrons. The SMILES string of the molecule is Cc1ccc2c(NS(=O)(=O)c3cccc4c3ccn4C)c(F)ccc2c1Oc1ncccc1-c1ccnc(N)n1. The number of benzene rings is 3. The summed E-state index contributed by atoms with van der Waals surface area (Å²) >= 11 is 0. The number of nitrogens with two attached hydrogens (primary N) is 1. The van der Waals surface area contributed by atoms with Crippen molar-refractivity contribution in [3.8, 4) is 22.9 Å². The van der Waals surface area contributed by atoms with Gasteiger partial charge in [0, 0.05) is 47.3 Å². The summed E-state index contributed by atoms with van der Waals surface area (Å²) in [5.74, 6) is 0.0249. The molecule has 3 heterocycles. The number of aromatic nitrogens is 4. The Kier molecular flexibility index (Phi) is 6.07. The molecule has 0 aliphatic rings. The lowest BCUT2D eigenvalue weighted by molar-refractivity contribution is 0.466. The van der Waals surface area contributed by atoms with Gasteiger partial charge in [-0.05, 0) is 61.0 Å². The molecule has 6 rings (SSSR count). The molecule has 0 aliphatic carbocycles. The fraction of sp³-hybridized carbons (Fsp3) is 0.0690. The van der Waals surface area contributed by atoms with Crippen molar-refractivity contribution in [2.45, 2.75) is 11.8 Å². The largest absolute Gasteiger partial charge is 0.437 e. The summed E-state index contributed by atoms with van der Waals surface area (Å²) < 4.78 is 53.0. The number of nitrogens with one attached hydrogen (secondary N) is 1. The molecule has 3 aromatic carbocycles. The van der Waals surface area contributed by atoms with Gasteiger partial charge in [0.25, 0.3) is 10.0 Å². The second kappa shape index (κ2) is 9.62. The zero-order valence-electron chi connectivity index (χ0n) is 21.5. The standard InChI is InChI=1S/C29H23FN6O3S/c1-17-8-9-18-19(27(17)39-28-20(5-4-14-32-28)23-12-15-33-29(31)34-23)10-11-22(30)26(18)35-40(37,38)25-7-3-6-24-21(25)13-16-36(24)2/h3-16,35H,1-2H3,(H2,31,33,34). The first-order chi connectivity index (χ1) is 19.2. The Morgan fingerprint density at radius 1 is 0.925 bits per heavy atom. The van der Waals surface area contributed by atoms with Gasteiger partial charge in [-0.25, -0.2) is 27.8 Å². The van der Waals surface area contributed by atoms with Crippen LogP contribution in [0.25, 0.3) is 32.9 Å². The Balaban J connectivity index is 1.46. The van der Waals surface area contributed by atoms with Crippen LogP contribution in [0.4, 0.5) is 16.0 Å². The van der Waals surface area contributed by atoms with Crippen molar-refractivity contribution in [3.63, 3.8) is 0 Å². The van der Waals surface area contributed by atoms with Crippen molar-refractivity contribution in [3.05, 3.63) is 96.7 Å². The molecule has 0 saturated carbocycles. The number of nitrogens with zero attached hydrogens (tertiary/aromatic N) is 4. The van der Waals surface area contributed by atoms with E-state index in [0.29, 0.717) is 33.2 Å². The van der Waals surface area contributed by atoms with E-state index in [1.807, 2.05) is 24.6 Å². The van der Waals surface area contributed by atoms with Crippen LogP contribution in [0.3, 0.4) is 0 Å². The third-order valence-electron chi connectivity index (χ3n) is 6.63. The average Bonchev–Trinajstić information content (AvgIpc) is 3.32. The van der Waals surface area contributed by atoms with Gasteiger partial charge in [-0.2, -0.15) is 0 Å². The van der Waals surface area contributed by atoms with Gasteiger partial charge in [0.05, 0.1) is 21.8 Å². The molecule has 0 fully saturated rings. The first-order valence-electron chi connectivity index (χ1n) is 12.2. The van der Waals surface area contributed by atoms with Crippen LogP contribution in [-0.4, -0.2) is 27.9 Å². The fourth-order valence-corrected chi connectivity index (χ4v) is 5.99. The normalized spacial score (nSPS) is 11.7. The number of aryl methyl sites for hydroxylation is 2. The lowest BCUT2D eigenvalue weighted by Gasteiger charge is -2.17. The summed E-state index contributed by atoms with van der Waals surface area (Å²) in [6.45, 7) is 1.84. The van der Waals surface area contributed by atoms with E-state index in [4.69, 9.17) is 10.5 Å². The van der Waals surface area contributed by atoms with Crippen molar-refractivity contribution in [1.29, 1.82) is 0 Å². The molecule has 0 unspecified atom stereocenters. The first kappa shape index (κ1) is 25.3. The topological polar surface area (TPSA) is 125 Å². The molecule has 40 heavy (non-hydrogen) atoms. The monoisotopic (exact) mass is 554 g/mol. The number of rotatable bonds is 6. The second-order valence-electron chi connectivity index (χ2n) is 9.21. The number of pyridine rings is 1. The number of sulfonamides is 1. The van der Waals surface area contributed by atoms with E-state index in [1.165, 1.54) is 18.3 Å². The van der Waals surface area contributed by atoms with Crippen molar-refractivity contribution in [2.75, 3.05) is 10.5 Å². The van der Waals surface area contributed by atoms with Crippen LogP contribution < -0.4 is 15.2 Å². The third kappa shape index (κ3) is 4.35. The number of hydrogen-bond acceptors (Lipinski definition) is 7. The van der Waals surface area contributed by atoms with Gasteiger partial charge in [-0.15, -0.1) is 0 Å². The molecule has 0 atom stereocenters. The molecule has 0 spiro atoms. The van der Waals surface area contributed by atoms with Crippen LogP contribution in [0.15, 0.2) is 90.2 Å². The van der Waals surface area contributed by atoms with Gasteiger partial charge in [-0.3, -0.25) is 4.72 Å². The van der Waals surface area contributed by atoms with Crippen LogP contribution in [0, 0.1) is 12.7 Å². The predicted octanol–water partition coefficient (Wildman–Crippen LogP) is 5.81. The number of halogens is 1. The summed E-state index contributed by atoms with van der Waals surface area (Å²) in [6, 6.07) is 18.1. The minimum absolute atomic E-state index is 0.0489. The summed E-state index contributed by atoms with van der Waals surface area (Å²) in [5.41, 5.74) is 8.16. The van der Waals surface area contributed by atoms with E-state index >= 15 is 4.39 Å². The van der Waals surface area contributed by atoms with Gasteiger partial charge in [0.2, 0.25) is 11.8 Å². The summed E-state index contributed by atoms with van der Waals surface area (Å²) in [5, 5.41) is 1.36. The van der Waals surface area contributed by atoms with E-state index in [0.717, 1.165) is 11.1 Å². The molecule has 3 N–H and O–H groups in total. The molecule has 9 nitrogen and oxygen atoms in total. The maximum Gasteiger partial charge on any atom is 0.262 e. The van der Waals surface area contributed by atoms with Gasteiger partial charge in [0.15, 0.2) is 0 Å². The lowest BCUT2D eigenvalue weighted by Crippen LogP contribution is -2.14. The van der Waals surface area contributed by atoms with E-state index in [9.17, 15) is 8.42 Å². The highest BCUT2D eigenvalue weighted by molar-refractivity contribution is 7.93. The summed E-state index contributed by atoms with van der Waals surface area (Å²) in [6.07, 6.45) is 4.89. The Labute approximate surface area is 229 Å². The molecule has 0 saturated heterocycles. The minimum Gasteiger partial charge on any atom is -0.437 e. The van der Waals surface area contributed by atoms with Gasteiger partial charge < -0.3 is 15.0 Å². The lowest BCUT2D eigenvalue weighted by atomic mass is 10.0. The van der Waals surface area contributed by atoms with Crippen LogP contribution in [0.1, 0.15) is 5.56 Å². The molecule has 6 aromatic rings. The van der Waals surface area contributed by atoms with Crippen molar-refractivity contribution < 1.29 is 17.5 Å². The molecular formula is C29H23FN6O3S. The summed E-state index contributed by atoms with van der Waals surface area (Å²) in [7, 11) is -2.33. The first-order valence-corrected chi connectivity index (χ1v) is 13.7. The highest BCUT2D eigenvalue weighted by Crippen LogP contribution is 2.40. The quantitative estimate of drug-likeness (QED) is 0.266. The Bertz CT molecular complexity index is 2040. The highest BCUT2D eigenvalue weighted by atomic mass is 32.2. The van der Waals surface area contributed by atoms with Crippen LogP contribution in [0.2, 0.25) is 0 Å². The predicted molar refractivity (Wildman–Crippen MR) is 152 cm³/mol. The second-order valence-corrected chi connectivity index (χ2v) is 10.9. The maximum atomic E-state index is 15.3. The van der Waals surface area contributed by atoms with Crippen molar-refractivity contribution in [2.24, 2.45) is 7.05 Å². The Morgan fingerprint density at radius 3 is 2.58 bits per heavy atom.